The monoisotopic (exact) mass is 569 g/mol. The zero-order chi connectivity index (χ0) is 30.1. The Morgan fingerprint density at radius 1 is 0.837 bits per heavy atom. The van der Waals surface area contributed by atoms with E-state index >= 15 is 0 Å². The molecular formula is C39H39NO3. The van der Waals surface area contributed by atoms with Crippen molar-refractivity contribution < 1.29 is 14.6 Å². The molecule has 43 heavy (non-hydrogen) atoms. The molecule has 4 aromatic carbocycles. The van der Waals surface area contributed by atoms with Crippen LogP contribution < -0.4 is 4.90 Å². The number of rotatable bonds is 11. The highest BCUT2D eigenvalue weighted by molar-refractivity contribution is 5.92. The molecule has 218 valence electrons. The molecule has 5 rings (SSSR count). The first-order chi connectivity index (χ1) is 21.0. The average molecular weight is 570 g/mol. The van der Waals surface area contributed by atoms with Crippen molar-refractivity contribution in [2.75, 3.05) is 4.90 Å². The van der Waals surface area contributed by atoms with Gasteiger partial charge in [-0.15, -0.1) is 5.92 Å². The minimum absolute atomic E-state index is 0.0785. The Morgan fingerprint density at radius 3 is 1.95 bits per heavy atom. The third-order valence-corrected chi connectivity index (χ3v) is 8.11. The summed E-state index contributed by atoms with van der Waals surface area (Å²) in [4.78, 5) is 16.0. The fourth-order valence-electron chi connectivity index (χ4n) is 5.98. The first kappa shape index (κ1) is 29.7. The van der Waals surface area contributed by atoms with Crippen LogP contribution in [0.15, 0.2) is 127 Å². The van der Waals surface area contributed by atoms with Crippen LogP contribution in [0.2, 0.25) is 0 Å². The van der Waals surface area contributed by atoms with Gasteiger partial charge in [0.25, 0.3) is 0 Å². The fourth-order valence-corrected chi connectivity index (χ4v) is 5.98. The van der Waals surface area contributed by atoms with Crippen LogP contribution in [-0.2, 0) is 29.0 Å². The molecule has 0 bridgehead atoms. The van der Waals surface area contributed by atoms with Crippen LogP contribution >= 0.6 is 0 Å². The van der Waals surface area contributed by atoms with Crippen molar-refractivity contribution in [2.45, 2.75) is 64.1 Å². The second kappa shape index (κ2) is 13.9. The number of benzene rings is 4. The average Bonchev–Trinajstić information content (AvgIpc) is 3.03. The number of carbonyl (C=O) groups excluding carboxylic acids is 1. The SMILES string of the molecule is CC#C[C@@]1(CCc2ccccc2)CC(O)=C([C@H](CC)c2cccc(N(Cc3ccccc3)Cc3ccccc3)c2)C(=O)O1. The van der Waals surface area contributed by atoms with Gasteiger partial charge in [0.05, 0.1) is 12.0 Å². The minimum Gasteiger partial charge on any atom is -0.512 e. The number of carbonyl (C=O) groups is 1. The van der Waals surface area contributed by atoms with Crippen LogP contribution in [0, 0.1) is 11.8 Å². The van der Waals surface area contributed by atoms with Crippen molar-refractivity contribution in [1.29, 1.82) is 0 Å². The molecule has 1 aliphatic heterocycles. The molecule has 0 aliphatic carbocycles. The maximum Gasteiger partial charge on any atom is 0.339 e. The molecule has 0 aromatic heterocycles. The van der Waals surface area contributed by atoms with E-state index < -0.39 is 11.6 Å². The largest absolute Gasteiger partial charge is 0.512 e. The van der Waals surface area contributed by atoms with Crippen LogP contribution in [-0.4, -0.2) is 16.7 Å². The van der Waals surface area contributed by atoms with Crippen LogP contribution in [0.5, 0.6) is 0 Å². The summed E-state index contributed by atoms with van der Waals surface area (Å²) in [5.74, 6) is 5.35. The molecule has 4 nitrogen and oxygen atoms in total. The molecule has 0 unspecified atom stereocenters. The molecule has 0 spiro atoms. The number of hydrogen-bond donors (Lipinski definition) is 1. The predicted octanol–water partition coefficient (Wildman–Crippen LogP) is 8.54. The lowest BCUT2D eigenvalue weighted by atomic mass is 9.81. The highest BCUT2D eigenvalue weighted by Crippen LogP contribution is 2.40. The fraction of sp³-hybridized carbons (Fsp3) is 0.256. The smallest absolute Gasteiger partial charge is 0.339 e. The summed E-state index contributed by atoms with van der Waals surface area (Å²) in [6.45, 7) is 5.27. The van der Waals surface area contributed by atoms with E-state index in [0.29, 0.717) is 24.8 Å². The van der Waals surface area contributed by atoms with Gasteiger partial charge in [0.2, 0.25) is 0 Å². The van der Waals surface area contributed by atoms with Gasteiger partial charge in [-0.1, -0.05) is 116 Å². The summed E-state index contributed by atoms with van der Waals surface area (Å²) < 4.78 is 6.12. The van der Waals surface area contributed by atoms with Gasteiger partial charge in [0, 0.05) is 31.1 Å². The minimum atomic E-state index is -1.04. The highest BCUT2D eigenvalue weighted by Gasteiger charge is 2.42. The molecular weight excluding hydrogens is 530 g/mol. The van der Waals surface area contributed by atoms with E-state index in [-0.39, 0.29) is 18.1 Å². The number of aliphatic hydroxyl groups excluding tert-OH is 1. The quantitative estimate of drug-likeness (QED) is 0.145. The maximum atomic E-state index is 13.7. The topological polar surface area (TPSA) is 49.8 Å². The number of hydrogen-bond acceptors (Lipinski definition) is 4. The number of ether oxygens (including phenoxy) is 1. The summed E-state index contributed by atoms with van der Waals surface area (Å²) in [5.41, 5.74) is 4.91. The van der Waals surface area contributed by atoms with E-state index in [2.05, 4.69) is 89.5 Å². The maximum absolute atomic E-state index is 13.7. The van der Waals surface area contributed by atoms with Crippen molar-refractivity contribution >= 4 is 11.7 Å². The summed E-state index contributed by atoms with van der Waals surface area (Å²) in [6, 6.07) is 39.3. The molecule has 4 heteroatoms. The van der Waals surface area contributed by atoms with E-state index in [1.165, 1.54) is 11.1 Å². The van der Waals surface area contributed by atoms with E-state index in [1.807, 2.05) is 49.4 Å². The van der Waals surface area contributed by atoms with Gasteiger partial charge in [-0.2, -0.15) is 0 Å². The Hall–Kier alpha value is -4.75. The van der Waals surface area contributed by atoms with Crippen molar-refractivity contribution in [1.82, 2.24) is 0 Å². The van der Waals surface area contributed by atoms with E-state index in [1.54, 1.807) is 6.92 Å². The molecule has 0 saturated carbocycles. The van der Waals surface area contributed by atoms with Gasteiger partial charge in [-0.05, 0) is 54.2 Å². The van der Waals surface area contributed by atoms with Crippen LogP contribution in [0.3, 0.4) is 0 Å². The molecule has 1 heterocycles. The first-order valence-electron chi connectivity index (χ1n) is 15.1. The molecule has 4 aromatic rings. The molecule has 0 amide bonds. The summed E-state index contributed by atoms with van der Waals surface area (Å²) in [5, 5.41) is 11.4. The first-order valence-corrected chi connectivity index (χ1v) is 15.1. The molecule has 0 radical (unpaired) electrons. The van der Waals surface area contributed by atoms with Crippen LogP contribution in [0.25, 0.3) is 0 Å². The van der Waals surface area contributed by atoms with Gasteiger partial charge in [0.1, 0.15) is 5.76 Å². The van der Waals surface area contributed by atoms with Gasteiger partial charge >= 0.3 is 5.97 Å². The van der Waals surface area contributed by atoms with Gasteiger partial charge in [0.15, 0.2) is 5.60 Å². The highest BCUT2D eigenvalue weighted by atomic mass is 16.6. The third kappa shape index (κ3) is 7.37. The summed E-state index contributed by atoms with van der Waals surface area (Å²) in [7, 11) is 0. The Labute approximate surface area is 255 Å². The number of anilines is 1. The molecule has 1 aliphatic rings. The number of aliphatic hydroxyl groups is 1. The molecule has 0 fully saturated rings. The number of cyclic esters (lactones) is 1. The predicted molar refractivity (Wildman–Crippen MR) is 174 cm³/mol. The van der Waals surface area contributed by atoms with Gasteiger partial charge in [-0.25, -0.2) is 4.79 Å². The van der Waals surface area contributed by atoms with Gasteiger partial charge in [-0.3, -0.25) is 0 Å². The zero-order valence-electron chi connectivity index (χ0n) is 25.0. The Balaban J connectivity index is 1.44. The van der Waals surface area contributed by atoms with Crippen molar-refractivity contribution in [3.63, 3.8) is 0 Å². The van der Waals surface area contributed by atoms with Crippen molar-refractivity contribution in [2.24, 2.45) is 0 Å². The third-order valence-electron chi connectivity index (χ3n) is 8.11. The summed E-state index contributed by atoms with van der Waals surface area (Å²) in [6.07, 6.45) is 2.04. The van der Waals surface area contributed by atoms with Crippen LogP contribution in [0.1, 0.15) is 61.3 Å². The Bertz CT molecular complexity index is 1560. The van der Waals surface area contributed by atoms with Crippen LogP contribution in [0.4, 0.5) is 5.69 Å². The normalized spacial score (nSPS) is 17.0. The lowest BCUT2D eigenvalue weighted by Crippen LogP contribution is -2.40. The summed E-state index contributed by atoms with van der Waals surface area (Å²) >= 11 is 0. The second-order valence-electron chi connectivity index (χ2n) is 11.2. The molecule has 0 saturated heterocycles. The zero-order valence-corrected chi connectivity index (χ0v) is 25.0. The van der Waals surface area contributed by atoms with Crippen molar-refractivity contribution in [3.8, 4) is 11.8 Å². The van der Waals surface area contributed by atoms with E-state index in [0.717, 1.165) is 29.9 Å². The lowest BCUT2D eigenvalue weighted by molar-refractivity contribution is -0.153. The van der Waals surface area contributed by atoms with E-state index in [9.17, 15) is 9.90 Å². The standard InChI is InChI=1S/C39H39NO3/c1-3-24-39(25-23-30-15-8-5-9-16-30)27-36(41)37(38(42)43-39)35(4-2)33-21-14-22-34(26-33)40(28-31-17-10-6-11-18-31)29-32-19-12-7-13-20-32/h5-22,26,35,41H,4,23,25,27-29H2,1-2H3/t35-,39-/m1/s1. The Morgan fingerprint density at radius 2 is 1.42 bits per heavy atom. The van der Waals surface area contributed by atoms with Crippen molar-refractivity contribution in [3.05, 3.63) is 149 Å². The van der Waals surface area contributed by atoms with Gasteiger partial charge < -0.3 is 14.7 Å². The number of aryl methyl sites for hydroxylation is 1. The number of esters is 1. The lowest BCUT2D eigenvalue weighted by Gasteiger charge is -2.35. The second-order valence-corrected chi connectivity index (χ2v) is 11.2. The van der Waals surface area contributed by atoms with E-state index in [4.69, 9.17) is 4.74 Å². The molecule has 1 N–H and O–H groups in total. The number of nitrogens with zero attached hydrogens (tertiary/aromatic N) is 1. The molecule has 2 atom stereocenters. The Kier molecular flexibility index (Phi) is 9.64.